The summed E-state index contributed by atoms with van der Waals surface area (Å²) in [5.74, 6) is -0.799. The average Bonchev–Trinajstić information content (AvgIpc) is 2.54. The quantitative estimate of drug-likeness (QED) is 0.582. The van der Waals surface area contributed by atoms with Crippen molar-refractivity contribution in [2.24, 2.45) is 0 Å². The summed E-state index contributed by atoms with van der Waals surface area (Å²) in [6.07, 6.45) is 1.39. The molecule has 0 aromatic rings. The highest BCUT2D eigenvalue weighted by Crippen LogP contribution is 2.17. The van der Waals surface area contributed by atoms with Gasteiger partial charge in [0.2, 0.25) is 0 Å². The summed E-state index contributed by atoms with van der Waals surface area (Å²) >= 11 is 0. The molecule has 0 amide bonds. The van der Waals surface area contributed by atoms with Gasteiger partial charge in [0.15, 0.2) is 0 Å². The predicted octanol–water partition coefficient (Wildman–Crippen LogP) is 0.706. The second-order valence-corrected chi connectivity index (χ2v) is 3.46. The molecule has 0 spiro atoms. The molecule has 1 fully saturated rings. The maximum absolute atomic E-state index is 10.9. The van der Waals surface area contributed by atoms with Gasteiger partial charge in [0.1, 0.15) is 0 Å². The first-order chi connectivity index (χ1) is 6.69. The van der Waals surface area contributed by atoms with Gasteiger partial charge in [0.05, 0.1) is 5.57 Å². The van der Waals surface area contributed by atoms with Gasteiger partial charge >= 0.3 is 5.97 Å². The van der Waals surface area contributed by atoms with Gasteiger partial charge < -0.3 is 15.7 Å². The molecule has 0 bridgehead atoms. The number of carboxylic acids is 1. The van der Waals surface area contributed by atoms with E-state index in [1.807, 2.05) is 6.92 Å². The van der Waals surface area contributed by atoms with E-state index in [9.17, 15) is 4.79 Å². The minimum Gasteiger partial charge on any atom is -0.478 e. The minimum atomic E-state index is -0.799. The van der Waals surface area contributed by atoms with Crippen molar-refractivity contribution in [3.8, 4) is 0 Å². The number of hydrogen-bond acceptors (Lipinski definition) is 3. The normalized spacial score (nSPS) is 24.6. The molecule has 0 radical (unpaired) electrons. The molecule has 1 aliphatic heterocycles. The van der Waals surface area contributed by atoms with E-state index in [1.54, 1.807) is 0 Å². The number of carbonyl (C=O) groups is 1. The lowest BCUT2D eigenvalue weighted by Crippen LogP contribution is -2.30. The van der Waals surface area contributed by atoms with Crippen molar-refractivity contribution in [2.45, 2.75) is 32.7 Å². The van der Waals surface area contributed by atoms with Crippen LogP contribution in [0.3, 0.4) is 0 Å². The second-order valence-electron chi connectivity index (χ2n) is 3.46. The van der Waals surface area contributed by atoms with E-state index in [0.717, 1.165) is 25.2 Å². The zero-order chi connectivity index (χ0) is 10.6. The van der Waals surface area contributed by atoms with Gasteiger partial charge in [-0.25, -0.2) is 4.79 Å². The first-order valence-electron chi connectivity index (χ1n) is 5.11. The molecule has 1 rings (SSSR count). The lowest BCUT2D eigenvalue weighted by atomic mass is 10.1. The lowest BCUT2D eigenvalue weighted by molar-refractivity contribution is -0.132. The third-order valence-corrected chi connectivity index (χ3v) is 2.48. The van der Waals surface area contributed by atoms with E-state index in [0.29, 0.717) is 18.0 Å². The highest BCUT2D eigenvalue weighted by atomic mass is 16.4. The van der Waals surface area contributed by atoms with Gasteiger partial charge in [-0.1, -0.05) is 13.8 Å². The van der Waals surface area contributed by atoms with Crippen molar-refractivity contribution >= 4 is 5.97 Å². The van der Waals surface area contributed by atoms with Crippen molar-refractivity contribution in [1.82, 2.24) is 10.6 Å². The van der Waals surface area contributed by atoms with Crippen LogP contribution in [0.2, 0.25) is 0 Å². The fourth-order valence-electron chi connectivity index (χ4n) is 1.79. The number of likely N-dealkylation sites (N-methyl/N-ethyl adjacent to an activating group) is 1. The fourth-order valence-corrected chi connectivity index (χ4v) is 1.79. The molecule has 1 aliphatic rings. The number of hydrogen-bond donors (Lipinski definition) is 3. The van der Waals surface area contributed by atoms with Gasteiger partial charge in [0, 0.05) is 24.7 Å². The molecular formula is C10H18N2O2. The third kappa shape index (κ3) is 2.48. The highest BCUT2D eigenvalue weighted by molar-refractivity contribution is 5.87. The van der Waals surface area contributed by atoms with Gasteiger partial charge in [-0.3, -0.25) is 0 Å². The van der Waals surface area contributed by atoms with Crippen LogP contribution in [0.5, 0.6) is 0 Å². The average molecular weight is 198 g/mol. The summed E-state index contributed by atoms with van der Waals surface area (Å²) < 4.78 is 0. The number of aliphatic carboxylic acids is 1. The predicted molar refractivity (Wildman–Crippen MR) is 55.0 cm³/mol. The zero-order valence-corrected chi connectivity index (χ0v) is 8.76. The van der Waals surface area contributed by atoms with E-state index >= 15 is 0 Å². The van der Waals surface area contributed by atoms with Crippen molar-refractivity contribution < 1.29 is 9.90 Å². The van der Waals surface area contributed by atoms with Crippen LogP contribution in [0.1, 0.15) is 26.7 Å². The first kappa shape index (κ1) is 11.0. The summed E-state index contributed by atoms with van der Waals surface area (Å²) in [5, 5.41) is 15.4. The number of carboxylic acid groups (broad SMARTS) is 1. The van der Waals surface area contributed by atoms with Gasteiger partial charge in [-0.2, -0.15) is 0 Å². The number of nitrogens with one attached hydrogen (secondary N) is 2. The molecule has 4 heteroatoms. The van der Waals surface area contributed by atoms with E-state index in [-0.39, 0.29) is 0 Å². The first-order valence-corrected chi connectivity index (χ1v) is 5.11. The summed E-state index contributed by atoms with van der Waals surface area (Å²) in [6.45, 7) is 5.69. The molecule has 0 unspecified atom stereocenters. The Bertz CT molecular complexity index is 249. The topological polar surface area (TPSA) is 61.4 Å². The Kier molecular flexibility index (Phi) is 3.95. The molecule has 0 aromatic carbocycles. The van der Waals surface area contributed by atoms with Crippen LogP contribution in [0.15, 0.2) is 11.3 Å². The smallest absolute Gasteiger partial charge is 0.333 e. The Hall–Kier alpha value is -1.03. The van der Waals surface area contributed by atoms with Crippen molar-refractivity contribution in [3.63, 3.8) is 0 Å². The van der Waals surface area contributed by atoms with Crippen LogP contribution in [0.25, 0.3) is 0 Å². The van der Waals surface area contributed by atoms with E-state index in [4.69, 9.17) is 5.11 Å². The van der Waals surface area contributed by atoms with Crippen LogP contribution in [-0.2, 0) is 4.79 Å². The minimum absolute atomic E-state index is 0.385. The molecule has 1 saturated heterocycles. The fraction of sp³-hybridized carbons (Fsp3) is 0.700. The van der Waals surface area contributed by atoms with Crippen molar-refractivity contribution in [2.75, 3.05) is 13.1 Å². The summed E-state index contributed by atoms with van der Waals surface area (Å²) in [5.41, 5.74) is 1.41. The molecule has 4 nitrogen and oxygen atoms in total. The SMILES string of the molecule is CCN[C@@H]1CN/C(=C(\CC)C(=O)O)C1. The Morgan fingerprint density at radius 1 is 1.64 bits per heavy atom. The van der Waals surface area contributed by atoms with Gasteiger partial charge in [0.25, 0.3) is 0 Å². The molecule has 3 N–H and O–H groups in total. The third-order valence-electron chi connectivity index (χ3n) is 2.48. The molecule has 80 valence electrons. The molecular weight excluding hydrogens is 180 g/mol. The van der Waals surface area contributed by atoms with Crippen molar-refractivity contribution in [3.05, 3.63) is 11.3 Å². The summed E-state index contributed by atoms with van der Waals surface area (Å²) in [6, 6.07) is 0.385. The standard InChI is InChI=1S/C10H18N2O2/c1-3-8(10(13)14)9-5-7(6-12-9)11-4-2/h7,11-12H,3-6H2,1-2H3,(H,13,14)/b9-8+/t7-/m0/s1. The molecule has 0 aromatic heterocycles. The van der Waals surface area contributed by atoms with Crippen LogP contribution in [0, 0.1) is 0 Å². The molecule has 0 saturated carbocycles. The molecule has 1 heterocycles. The van der Waals surface area contributed by atoms with Gasteiger partial charge in [-0.05, 0) is 13.0 Å². The van der Waals surface area contributed by atoms with Crippen LogP contribution in [0.4, 0.5) is 0 Å². The molecule has 1 atom stereocenters. The lowest BCUT2D eigenvalue weighted by Gasteiger charge is -2.06. The van der Waals surface area contributed by atoms with E-state index < -0.39 is 5.97 Å². The Labute approximate surface area is 84.4 Å². The van der Waals surface area contributed by atoms with Gasteiger partial charge in [-0.15, -0.1) is 0 Å². The molecule has 14 heavy (non-hydrogen) atoms. The summed E-state index contributed by atoms with van der Waals surface area (Å²) in [4.78, 5) is 10.9. The van der Waals surface area contributed by atoms with Crippen LogP contribution in [-0.4, -0.2) is 30.2 Å². The van der Waals surface area contributed by atoms with Crippen LogP contribution < -0.4 is 10.6 Å². The Balaban J connectivity index is 2.66. The largest absolute Gasteiger partial charge is 0.478 e. The maximum atomic E-state index is 10.9. The molecule has 0 aliphatic carbocycles. The highest BCUT2D eigenvalue weighted by Gasteiger charge is 2.22. The maximum Gasteiger partial charge on any atom is 0.333 e. The monoisotopic (exact) mass is 198 g/mol. The van der Waals surface area contributed by atoms with Crippen molar-refractivity contribution in [1.29, 1.82) is 0 Å². The summed E-state index contributed by atoms with van der Waals surface area (Å²) in [7, 11) is 0. The number of rotatable bonds is 4. The van der Waals surface area contributed by atoms with E-state index in [2.05, 4.69) is 17.6 Å². The zero-order valence-electron chi connectivity index (χ0n) is 8.76. The Morgan fingerprint density at radius 3 is 2.86 bits per heavy atom. The second kappa shape index (κ2) is 5.00. The van der Waals surface area contributed by atoms with E-state index in [1.165, 1.54) is 0 Å². The van der Waals surface area contributed by atoms with Crippen LogP contribution >= 0.6 is 0 Å². The Morgan fingerprint density at radius 2 is 2.36 bits per heavy atom.